The number of hydrogen-bond donors (Lipinski definition) is 2. The normalized spacial score (nSPS) is 16.5. The van der Waals surface area contributed by atoms with Crippen LogP contribution in [0.1, 0.15) is 51.2 Å². The van der Waals surface area contributed by atoms with Crippen LogP contribution in [0.15, 0.2) is 97.1 Å². The summed E-state index contributed by atoms with van der Waals surface area (Å²) in [5.74, 6) is 0. The van der Waals surface area contributed by atoms with Gasteiger partial charge >= 0.3 is 0 Å². The van der Waals surface area contributed by atoms with Crippen molar-refractivity contribution in [3.63, 3.8) is 0 Å². The molecule has 0 fully saturated rings. The van der Waals surface area contributed by atoms with E-state index in [1.807, 2.05) is 0 Å². The zero-order valence-corrected chi connectivity index (χ0v) is 26.3. The third kappa shape index (κ3) is 5.97. The van der Waals surface area contributed by atoms with Gasteiger partial charge in [-0.3, -0.25) is 0 Å². The van der Waals surface area contributed by atoms with Gasteiger partial charge in [0.1, 0.15) is 0 Å². The lowest BCUT2D eigenvalue weighted by atomic mass is 9.95. The van der Waals surface area contributed by atoms with E-state index < -0.39 is 0 Å². The summed E-state index contributed by atoms with van der Waals surface area (Å²) in [6.45, 7) is 6.77. The summed E-state index contributed by atoms with van der Waals surface area (Å²) in [4.78, 5) is 13.1. The summed E-state index contributed by atoms with van der Waals surface area (Å²) in [5.41, 5.74) is 14.3. The highest BCUT2D eigenvalue weighted by atomic mass is 15.1. The van der Waals surface area contributed by atoms with E-state index >= 15 is 0 Å². The Labute approximate surface area is 267 Å². The number of aromatic nitrogens is 2. The molecule has 8 rings (SSSR count). The molecule has 2 aliphatic rings. The lowest BCUT2D eigenvalue weighted by molar-refractivity contribution is 0.230. The number of fused-ring (bicyclic) bond motifs is 8. The Balaban J connectivity index is 0.999. The highest BCUT2D eigenvalue weighted by molar-refractivity contribution is 5.85. The van der Waals surface area contributed by atoms with Gasteiger partial charge in [0.25, 0.3) is 0 Å². The van der Waals surface area contributed by atoms with Gasteiger partial charge in [-0.15, -0.1) is 0 Å². The van der Waals surface area contributed by atoms with Crippen LogP contribution in [0.3, 0.4) is 0 Å². The average Bonchev–Trinajstić information content (AvgIpc) is 3.61. The first kappa shape index (κ1) is 28.4. The number of aromatic amines is 2. The second-order valence-electron chi connectivity index (χ2n) is 13.2. The number of benzene rings is 4. The molecule has 0 bridgehead atoms. The zero-order valence-electron chi connectivity index (χ0n) is 26.3. The first-order valence-corrected chi connectivity index (χ1v) is 17.0. The average molecular weight is 593 g/mol. The minimum Gasteiger partial charge on any atom is -0.358 e. The molecule has 45 heavy (non-hydrogen) atoms. The molecule has 4 heteroatoms. The van der Waals surface area contributed by atoms with E-state index in [2.05, 4.69) is 117 Å². The van der Waals surface area contributed by atoms with Gasteiger partial charge in [0.15, 0.2) is 0 Å². The molecule has 4 heterocycles. The van der Waals surface area contributed by atoms with Gasteiger partial charge in [0, 0.05) is 72.2 Å². The Morgan fingerprint density at radius 2 is 0.844 bits per heavy atom. The first-order chi connectivity index (χ1) is 22.3. The highest BCUT2D eigenvalue weighted by Crippen LogP contribution is 2.29. The first-order valence-electron chi connectivity index (χ1n) is 17.0. The quantitative estimate of drug-likeness (QED) is 0.220. The van der Waals surface area contributed by atoms with E-state index in [9.17, 15) is 0 Å². The number of hydrogen-bond acceptors (Lipinski definition) is 2. The number of rotatable bonds is 4. The molecular formula is C41H44N4. The molecule has 2 aliphatic heterocycles. The van der Waals surface area contributed by atoms with Gasteiger partial charge in [0.2, 0.25) is 0 Å². The Bertz CT molecular complexity index is 1790. The number of H-pyrrole nitrogens is 2. The molecule has 4 nitrogen and oxygen atoms in total. The fraction of sp³-hybridized carbons (Fsp3) is 0.317. The van der Waals surface area contributed by atoms with E-state index in [0.29, 0.717) is 0 Å². The van der Waals surface area contributed by atoms with Crippen LogP contribution in [-0.4, -0.2) is 59.0 Å². The third-order valence-electron chi connectivity index (χ3n) is 10.5. The minimum atomic E-state index is 0.996. The molecule has 0 saturated heterocycles. The van der Waals surface area contributed by atoms with Crippen molar-refractivity contribution in [2.45, 2.75) is 44.9 Å². The van der Waals surface area contributed by atoms with Crippen LogP contribution in [0, 0.1) is 0 Å². The summed E-state index contributed by atoms with van der Waals surface area (Å²) < 4.78 is 0. The van der Waals surface area contributed by atoms with E-state index in [4.69, 9.17) is 0 Å². The maximum absolute atomic E-state index is 3.79. The van der Waals surface area contributed by atoms with E-state index in [1.54, 1.807) is 0 Å². The molecule has 0 unspecified atom stereocenters. The van der Waals surface area contributed by atoms with Crippen LogP contribution < -0.4 is 0 Å². The van der Waals surface area contributed by atoms with Crippen LogP contribution in [0.25, 0.3) is 21.8 Å². The summed E-state index contributed by atoms with van der Waals surface area (Å²) in [6, 6.07) is 35.9. The van der Waals surface area contributed by atoms with Crippen molar-refractivity contribution in [2.24, 2.45) is 0 Å². The Morgan fingerprint density at radius 3 is 1.33 bits per heavy atom. The predicted octanol–water partition coefficient (Wildman–Crippen LogP) is 7.72. The predicted molar refractivity (Wildman–Crippen MR) is 187 cm³/mol. The molecule has 2 aromatic heterocycles. The highest BCUT2D eigenvalue weighted by Gasteiger charge is 2.20. The summed E-state index contributed by atoms with van der Waals surface area (Å²) in [6.07, 6.45) is 7.64. The van der Waals surface area contributed by atoms with Gasteiger partial charge in [-0.25, -0.2) is 0 Å². The van der Waals surface area contributed by atoms with Gasteiger partial charge in [-0.05, 0) is 90.7 Å². The molecule has 4 aromatic carbocycles. The van der Waals surface area contributed by atoms with Gasteiger partial charge in [-0.2, -0.15) is 0 Å². The number of nitrogens with one attached hydrogen (secondary N) is 2. The maximum atomic E-state index is 3.79. The molecule has 0 atom stereocenters. The van der Waals surface area contributed by atoms with Gasteiger partial charge in [-0.1, -0.05) is 84.9 Å². The number of nitrogens with zero attached hydrogens (tertiary/aromatic N) is 2. The van der Waals surface area contributed by atoms with E-state index in [0.717, 1.165) is 77.8 Å². The fourth-order valence-electron chi connectivity index (χ4n) is 8.00. The Hall–Kier alpha value is -4.12. The van der Waals surface area contributed by atoms with E-state index in [-0.39, 0.29) is 0 Å². The van der Waals surface area contributed by atoms with Crippen molar-refractivity contribution in [3.8, 4) is 0 Å². The lowest BCUT2D eigenvalue weighted by Gasteiger charge is -2.28. The minimum absolute atomic E-state index is 0.996. The number of para-hydroxylation sites is 2. The Morgan fingerprint density at radius 1 is 0.444 bits per heavy atom. The van der Waals surface area contributed by atoms with Crippen LogP contribution in [0.5, 0.6) is 0 Å². The molecule has 0 amide bonds. The van der Waals surface area contributed by atoms with Gasteiger partial charge in [0.05, 0.1) is 0 Å². The van der Waals surface area contributed by atoms with Crippen LogP contribution in [-0.2, 0) is 38.5 Å². The summed E-state index contributed by atoms with van der Waals surface area (Å²) >= 11 is 0. The van der Waals surface area contributed by atoms with Crippen molar-refractivity contribution in [3.05, 3.63) is 142 Å². The monoisotopic (exact) mass is 592 g/mol. The molecule has 228 valence electrons. The molecule has 0 aliphatic carbocycles. The molecule has 0 radical (unpaired) electrons. The molecule has 0 spiro atoms. The van der Waals surface area contributed by atoms with E-state index in [1.165, 1.54) is 73.0 Å². The third-order valence-corrected chi connectivity index (χ3v) is 10.5. The van der Waals surface area contributed by atoms with Crippen molar-refractivity contribution >= 4 is 21.8 Å². The van der Waals surface area contributed by atoms with Crippen LogP contribution in [0.2, 0.25) is 0 Å². The van der Waals surface area contributed by atoms with Crippen LogP contribution >= 0.6 is 0 Å². The van der Waals surface area contributed by atoms with Crippen molar-refractivity contribution in [1.29, 1.82) is 0 Å². The second kappa shape index (κ2) is 12.7. The topological polar surface area (TPSA) is 38.1 Å². The summed E-state index contributed by atoms with van der Waals surface area (Å²) in [7, 11) is 0. The van der Waals surface area contributed by atoms with Crippen molar-refractivity contribution in [2.75, 3.05) is 39.3 Å². The Kier molecular flexibility index (Phi) is 8.01. The zero-order chi connectivity index (χ0) is 30.0. The van der Waals surface area contributed by atoms with Crippen LogP contribution in [0.4, 0.5) is 0 Å². The summed E-state index contributed by atoms with van der Waals surface area (Å²) in [5, 5.41) is 2.80. The lowest BCUT2D eigenvalue weighted by Crippen LogP contribution is -2.35. The molecular weight excluding hydrogens is 548 g/mol. The van der Waals surface area contributed by atoms with Crippen molar-refractivity contribution in [1.82, 2.24) is 19.8 Å². The fourth-order valence-corrected chi connectivity index (χ4v) is 8.00. The molecule has 6 aromatic rings. The largest absolute Gasteiger partial charge is 0.358 e. The smallest absolute Gasteiger partial charge is 0.0459 e. The SMILES string of the molecule is c1ccc2c(c1)CCN(CCCN1CCc3ccccc3Cc3[nH]c4ccccc4c3CC1)CCc1c([nH]c3ccccc13)C2. The standard InChI is InChI=1S/C41H44N4/c1-3-12-32-28-40-36(34-14-5-7-16-38(34)42-40)20-26-44(24-18-30(32)10-1)22-9-23-45-25-19-31-11-2-4-13-33(31)29-41-37(21-27-45)35-15-6-8-17-39(35)43-41/h1-8,10-17,42-43H,9,18-29H2. The molecule has 2 N–H and O–H groups in total. The van der Waals surface area contributed by atoms with Gasteiger partial charge < -0.3 is 19.8 Å². The maximum Gasteiger partial charge on any atom is 0.0459 e. The second-order valence-corrected chi connectivity index (χ2v) is 13.2. The van der Waals surface area contributed by atoms with Crippen molar-refractivity contribution < 1.29 is 0 Å². The molecule has 0 saturated carbocycles.